The fourth-order valence-electron chi connectivity index (χ4n) is 0.908. The summed E-state index contributed by atoms with van der Waals surface area (Å²) >= 11 is 0. The van der Waals surface area contributed by atoms with Crippen LogP contribution in [0, 0.1) is 0 Å². The fraction of sp³-hybridized carbons (Fsp3) is 0.500. The molecule has 0 bridgehead atoms. The quantitative estimate of drug-likeness (QED) is 0.609. The Morgan fingerprint density at radius 2 is 2.20 bits per heavy atom. The van der Waals surface area contributed by atoms with Gasteiger partial charge in [0.1, 0.15) is 0 Å². The van der Waals surface area contributed by atoms with E-state index in [1.165, 1.54) is 0 Å². The van der Waals surface area contributed by atoms with Crippen LogP contribution in [0.1, 0.15) is 30.3 Å². The largest absolute Gasteiger partial charge is 0.491 e. The Labute approximate surface area is 86.2 Å². The topological polar surface area (TPSA) is 108 Å². The van der Waals surface area contributed by atoms with Gasteiger partial charge in [-0.15, -0.1) is 10.2 Å². The lowest BCUT2D eigenvalue weighted by atomic mass is 10.3. The van der Waals surface area contributed by atoms with Crippen molar-refractivity contribution >= 4 is 11.9 Å². The summed E-state index contributed by atoms with van der Waals surface area (Å²) in [6.45, 7) is 2.69. The Kier molecular flexibility index (Phi) is 3.78. The van der Waals surface area contributed by atoms with E-state index in [4.69, 9.17) is 5.11 Å². The summed E-state index contributed by atoms with van der Waals surface area (Å²) in [7, 11) is 0. The molecule has 0 fully saturated rings. The van der Waals surface area contributed by atoms with E-state index in [-0.39, 0.29) is 5.95 Å². The first kappa shape index (κ1) is 11.2. The highest BCUT2D eigenvalue weighted by molar-refractivity contribution is 5.87. The van der Waals surface area contributed by atoms with Crippen molar-refractivity contribution in [3.05, 3.63) is 5.69 Å². The molecule has 7 heteroatoms. The number of rotatable bonds is 5. The van der Waals surface area contributed by atoms with E-state index in [1.807, 2.05) is 6.92 Å². The molecule has 3 N–H and O–H groups in total. The molecule has 0 aliphatic carbocycles. The minimum absolute atomic E-state index is 0.131. The number of unbranched alkanes of at least 4 members (excludes halogenated alkanes) is 1. The van der Waals surface area contributed by atoms with E-state index >= 15 is 0 Å². The average molecular weight is 212 g/mol. The standard InChI is InChI=1S/C8H12N4O3/c1-2-3-4-9-8-10-6(13)5(7(14)15)11-12-8/h2-4H2,1H3,(H,14,15)(H2,9,10,12,13). The average Bonchev–Trinajstić information content (AvgIpc) is 2.17. The van der Waals surface area contributed by atoms with E-state index in [9.17, 15) is 9.90 Å². The van der Waals surface area contributed by atoms with Crippen LogP contribution in [0.4, 0.5) is 5.95 Å². The predicted molar refractivity (Wildman–Crippen MR) is 51.8 cm³/mol. The van der Waals surface area contributed by atoms with Crippen molar-refractivity contribution in [2.75, 3.05) is 11.9 Å². The number of aromatic carboxylic acids is 1. The zero-order valence-corrected chi connectivity index (χ0v) is 8.27. The number of nitrogens with zero attached hydrogens (tertiary/aromatic N) is 3. The minimum Gasteiger partial charge on any atom is -0.491 e. The van der Waals surface area contributed by atoms with Gasteiger partial charge in [0.05, 0.1) is 0 Å². The lowest BCUT2D eigenvalue weighted by Gasteiger charge is -2.03. The van der Waals surface area contributed by atoms with Crippen LogP contribution >= 0.6 is 0 Å². The highest BCUT2D eigenvalue weighted by atomic mass is 16.4. The maximum absolute atomic E-state index is 10.5. The van der Waals surface area contributed by atoms with Gasteiger partial charge in [0, 0.05) is 6.54 Å². The van der Waals surface area contributed by atoms with Crippen molar-refractivity contribution in [1.82, 2.24) is 15.2 Å². The van der Waals surface area contributed by atoms with Gasteiger partial charge >= 0.3 is 5.97 Å². The van der Waals surface area contributed by atoms with Crippen LogP contribution in [-0.2, 0) is 0 Å². The molecule has 0 atom stereocenters. The molecule has 0 amide bonds. The van der Waals surface area contributed by atoms with Gasteiger partial charge in [-0.05, 0) is 6.42 Å². The molecule has 0 unspecified atom stereocenters. The molecule has 0 aromatic carbocycles. The molecule has 1 heterocycles. The minimum atomic E-state index is -1.35. The smallest absolute Gasteiger partial charge is 0.362 e. The molecular formula is C8H12N4O3. The molecule has 0 aliphatic heterocycles. The molecule has 7 nitrogen and oxygen atoms in total. The monoisotopic (exact) mass is 212 g/mol. The van der Waals surface area contributed by atoms with Crippen LogP contribution in [-0.4, -0.2) is 37.9 Å². The number of aromatic hydroxyl groups is 1. The molecule has 1 aromatic rings. The van der Waals surface area contributed by atoms with Crippen molar-refractivity contribution in [3.8, 4) is 5.88 Å². The number of carboxylic acid groups (broad SMARTS) is 1. The molecule has 0 radical (unpaired) electrons. The third kappa shape index (κ3) is 3.04. The van der Waals surface area contributed by atoms with E-state index < -0.39 is 17.5 Å². The van der Waals surface area contributed by atoms with Gasteiger partial charge in [-0.3, -0.25) is 0 Å². The van der Waals surface area contributed by atoms with Crippen molar-refractivity contribution in [2.24, 2.45) is 0 Å². The van der Waals surface area contributed by atoms with Crippen LogP contribution in [0.25, 0.3) is 0 Å². The molecule has 0 spiro atoms. The number of carbonyl (C=O) groups is 1. The van der Waals surface area contributed by atoms with E-state index in [0.717, 1.165) is 12.8 Å². The Bertz CT molecular complexity index is 356. The van der Waals surface area contributed by atoms with Gasteiger partial charge in [0.2, 0.25) is 17.5 Å². The molecule has 15 heavy (non-hydrogen) atoms. The highest BCUT2D eigenvalue weighted by Crippen LogP contribution is 2.11. The van der Waals surface area contributed by atoms with Crippen LogP contribution in [0.3, 0.4) is 0 Å². The number of anilines is 1. The Morgan fingerprint density at radius 1 is 1.47 bits per heavy atom. The van der Waals surface area contributed by atoms with Crippen LogP contribution in [0.15, 0.2) is 0 Å². The van der Waals surface area contributed by atoms with Crippen molar-refractivity contribution < 1.29 is 15.0 Å². The lowest BCUT2D eigenvalue weighted by Crippen LogP contribution is -2.10. The highest BCUT2D eigenvalue weighted by Gasteiger charge is 2.14. The second kappa shape index (κ2) is 5.08. The first-order valence-corrected chi connectivity index (χ1v) is 4.56. The second-order valence-electron chi connectivity index (χ2n) is 2.89. The third-order valence-electron chi connectivity index (χ3n) is 1.68. The van der Waals surface area contributed by atoms with Crippen LogP contribution in [0.5, 0.6) is 5.88 Å². The first-order valence-electron chi connectivity index (χ1n) is 4.56. The Balaban J connectivity index is 2.69. The molecule has 1 rings (SSSR count). The summed E-state index contributed by atoms with van der Waals surface area (Å²) < 4.78 is 0. The summed E-state index contributed by atoms with van der Waals surface area (Å²) in [4.78, 5) is 14.0. The number of hydrogen-bond donors (Lipinski definition) is 3. The van der Waals surface area contributed by atoms with Gasteiger partial charge in [-0.2, -0.15) is 4.98 Å². The molecule has 0 saturated heterocycles. The summed E-state index contributed by atoms with van der Waals surface area (Å²) in [5, 5.41) is 27.4. The summed E-state index contributed by atoms with van der Waals surface area (Å²) in [5.41, 5.74) is -0.545. The van der Waals surface area contributed by atoms with E-state index in [2.05, 4.69) is 20.5 Å². The van der Waals surface area contributed by atoms with E-state index in [0.29, 0.717) is 6.54 Å². The van der Waals surface area contributed by atoms with Gasteiger partial charge in [0.15, 0.2) is 0 Å². The van der Waals surface area contributed by atoms with Crippen LogP contribution < -0.4 is 5.32 Å². The predicted octanol–water partition coefficient (Wildman–Crippen LogP) is 0.487. The zero-order chi connectivity index (χ0) is 11.3. The maximum atomic E-state index is 10.5. The summed E-state index contributed by atoms with van der Waals surface area (Å²) in [5.74, 6) is -1.85. The summed E-state index contributed by atoms with van der Waals surface area (Å²) in [6.07, 6.45) is 1.95. The van der Waals surface area contributed by atoms with Gasteiger partial charge in [0.25, 0.3) is 0 Å². The zero-order valence-electron chi connectivity index (χ0n) is 8.27. The van der Waals surface area contributed by atoms with Gasteiger partial charge in [-0.1, -0.05) is 13.3 Å². The molecule has 0 aliphatic rings. The lowest BCUT2D eigenvalue weighted by molar-refractivity contribution is 0.0684. The first-order chi connectivity index (χ1) is 7.15. The van der Waals surface area contributed by atoms with Crippen molar-refractivity contribution in [1.29, 1.82) is 0 Å². The number of hydrogen-bond acceptors (Lipinski definition) is 6. The van der Waals surface area contributed by atoms with E-state index in [1.54, 1.807) is 0 Å². The fourth-order valence-corrected chi connectivity index (χ4v) is 0.908. The van der Waals surface area contributed by atoms with Crippen molar-refractivity contribution in [2.45, 2.75) is 19.8 Å². The van der Waals surface area contributed by atoms with Gasteiger partial charge < -0.3 is 15.5 Å². The number of aromatic nitrogens is 3. The molecule has 0 saturated carbocycles. The normalized spacial score (nSPS) is 9.93. The van der Waals surface area contributed by atoms with Crippen LogP contribution in [0.2, 0.25) is 0 Å². The number of carboxylic acids is 1. The Hall–Kier alpha value is -1.92. The summed E-state index contributed by atoms with van der Waals surface area (Å²) in [6, 6.07) is 0. The molecule has 1 aromatic heterocycles. The third-order valence-corrected chi connectivity index (χ3v) is 1.68. The SMILES string of the molecule is CCCCNc1nnc(C(=O)O)c(O)n1. The molecule has 82 valence electrons. The maximum Gasteiger partial charge on any atom is 0.362 e. The van der Waals surface area contributed by atoms with Gasteiger partial charge in [-0.25, -0.2) is 4.79 Å². The molecular weight excluding hydrogens is 200 g/mol. The van der Waals surface area contributed by atoms with Crippen molar-refractivity contribution in [3.63, 3.8) is 0 Å². The Morgan fingerprint density at radius 3 is 2.73 bits per heavy atom. The number of nitrogens with one attached hydrogen (secondary N) is 1. The second-order valence-corrected chi connectivity index (χ2v) is 2.89.